The van der Waals surface area contributed by atoms with Crippen molar-refractivity contribution in [1.29, 1.82) is 0 Å². The Hall–Kier alpha value is -0.413. The monoisotopic (exact) mass is 228 g/mol. The van der Waals surface area contributed by atoms with Gasteiger partial charge >= 0.3 is 0 Å². The second-order valence-electron chi connectivity index (χ2n) is 5.49. The van der Waals surface area contributed by atoms with Gasteiger partial charge in [0.15, 0.2) is 8.32 Å². The lowest BCUT2D eigenvalue weighted by Gasteiger charge is -2.38. The Bertz CT molecular complexity index is 226. The summed E-state index contributed by atoms with van der Waals surface area (Å²) in [6.45, 7) is 13.2. The van der Waals surface area contributed by atoms with Crippen molar-refractivity contribution in [2.24, 2.45) is 0 Å². The van der Waals surface area contributed by atoms with Crippen LogP contribution in [0.1, 0.15) is 34.1 Å². The SMILES string of the molecule is CC(C/C=C/C=O)O[Si](C)(C)C(C)(C)C. The van der Waals surface area contributed by atoms with Crippen LogP contribution in [0.15, 0.2) is 12.2 Å². The summed E-state index contributed by atoms with van der Waals surface area (Å²) in [5, 5.41) is 0.246. The average Bonchev–Trinajstić information content (AvgIpc) is 2.01. The largest absolute Gasteiger partial charge is 0.414 e. The Morgan fingerprint density at radius 3 is 2.27 bits per heavy atom. The molecule has 15 heavy (non-hydrogen) atoms. The first kappa shape index (κ1) is 14.6. The van der Waals surface area contributed by atoms with Crippen molar-refractivity contribution in [3.05, 3.63) is 12.2 Å². The highest BCUT2D eigenvalue weighted by molar-refractivity contribution is 6.74. The summed E-state index contributed by atoms with van der Waals surface area (Å²) < 4.78 is 6.12. The van der Waals surface area contributed by atoms with Gasteiger partial charge in [-0.3, -0.25) is 4.79 Å². The molecule has 0 N–H and O–H groups in total. The Morgan fingerprint density at radius 2 is 1.87 bits per heavy atom. The van der Waals surface area contributed by atoms with Crippen molar-refractivity contribution in [3.8, 4) is 0 Å². The summed E-state index contributed by atoms with van der Waals surface area (Å²) in [4.78, 5) is 10.1. The van der Waals surface area contributed by atoms with Gasteiger partial charge in [0.1, 0.15) is 6.29 Å². The molecule has 0 saturated carbocycles. The summed E-state index contributed by atoms with van der Waals surface area (Å²) in [6, 6.07) is 0. The van der Waals surface area contributed by atoms with E-state index in [1.165, 1.54) is 6.08 Å². The third-order valence-electron chi connectivity index (χ3n) is 2.98. The lowest BCUT2D eigenvalue weighted by atomic mass is 10.2. The van der Waals surface area contributed by atoms with Gasteiger partial charge in [-0.05, 0) is 37.6 Å². The molecule has 0 aliphatic heterocycles. The minimum absolute atomic E-state index is 0.196. The second-order valence-corrected chi connectivity index (χ2v) is 10.2. The van der Waals surface area contributed by atoms with Crippen LogP contribution in [-0.2, 0) is 9.22 Å². The fourth-order valence-electron chi connectivity index (χ4n) is 1.05. The Morgan fingerprint density at radius 1 is 1.33 bits per heavy atom. The smallest absolute Gasteiger partial charge is 0.192 e. The van der Waals surface area contributed by atoms with Gasteiger partial charge < -0.3 is 4.43 Å². The van der Waals surface area contributed by atoms with Crippen molar-refractivity contribution in [2.45, 2.75) is 58.4 Å². The Balaban J connectivity index is 4.22. The summed E-state index contributed by atoms with van der Waals surface area (Å²) in [7, 11) is -1.65. The number of hydrogen-bond acceptors (Lipinski definition) is 2. The zero-order valence-corrected chi connectivity index (χ0v) is 11.8. The minimum atomic E-state index is -1.65. The first-order valence-electron chi connectivity index (χ1n) is 5.49. The molecule has 0 heterocycles. The summed E-state index contributed by atoms with van der Waals surface area (Å²) in [6.07, 6.45) is 5.21. The molecule has 0 saturated heterocycles. The molecule has 3 heteroatoms. The third kappa shape index (κ3) is 5.28. The molecule has 0 radical (unpaired) electrons. The maximum Gasteiger partial charge on any atom is 0.192 e. The lowest BCUT2D eigenvalue weighted by molar-refractivity contribution is -0.104. The Kier molecular flexibility index (Phi) is 5.46. The van der Waals surface area contributed by atoms with Crippen LogP contribution in [0.25, 0.3) is 0 Å². The number of carbonyl (C=O) groups excluding carboxylic acids is 1. The molecule has 88 valence electrons. The van der Waals surface area contributed by atoms with Crippen LogP contribution in [-0.4, -0.2) is 20.7 Å². The number of rotatable bonds is 5. The zero-order chi connectivity index (χ0) is 12.1. The summed E-state index contributed by atoms with van der Waals surface area (Å²) in [5.41, 5.74) is 0. The Labute approximate surface area is 94.8 Å². The van der Waals surface area contributed by atoms with Gasteiger partial charge in [0.05, 0.1) is 0 Å². The van der Waals surface area contributed by atoms with Crippen molar-refractivity contribution < 1.29 is 9.22 Å². The molecule has 0 bridgehead atoms. The van der Waals surface area contributed by atoms with Gasteiger partial charge in [0.25, 0.3) is 0 Å². The van der Waals surface area contributed by atoms with Gasteiger partial charge in [0, 0.05) is 6.10 Å². The van der Waals surface area contributed by atoms with Gasteiger partial charge in [-0.1, -0.05) is 26.8 Å². The van der Waals surface area contributed by atoms with Crippen molar-refractivity contribution >= 4 is 14.6 Å². The van der Waals surface area contributed by atoms with E-state index in [1.54, 1.807) is 0 Å². The molecular formula is C12H24O2Si. The molecule has 0 rings (SSSR count). The van der Waals surface area contributed by atoms with Gasteiger partial charge in [-0.15, -0.1) is 0 Å². The van der Waals surface area contributed by atoms with Crippen LogP contribution >= 0.6 is 0 Å². The van der Waals surface area contributed by atoms with Crippen LogP contribution in [0.4, 0.5) is 0 Å². The molecule has 0 aromatic carbocycles. The topological polar surface area (TPSA) is 26.3 Å². The van der Waals surface area contributed by atoms with E-state index < -0.39 is 8.32 Å². The van der Waals surface area contributed by atoms with Crippen LogP contribution < -0.4 is 0 Å². The molecule has 0 aliphatic carbocycles. The van der Waals surface area contributed by atoms with Crippen LogP contribution in [0.3, 0.4) is 0 Å². The zero-order valence-electron chi connectivity index (χ0n) is 10.8. The maximum absolute atomic E-state index is 10.1. The van der Waals surface area contributed by atoms with Crippen LogP contribution in [0.5, 0.6) is 0 Å². The fourth-order valence-corrected chi connectivity index (χ4v) is 2.51. The molecule has 0 aromatic rings. The highest BCUT2D eigenvalue weighted by atomic mass is 28.4. The molecule has 0 amide bonds. The van der Waals surface area contributed by atoms with Gasteiger partial charge in [-0.2, -0.15) is 0 Å². The van der Waals surface area contributed by atoms with E-state index in [0.29, 0.717) is 0 Å². The second kappa shape index (κ2) is 5.61. The molecule has 0 spiro atoms. The van der Waals surface area contributed by atoms with Crippen molar-refractivity contribution in [3.63, 3.8) is 0 Å². The first-order valence-corrected chi connectivity index (χ1v) is 8.39. The van der Waals surface area contributed by atoms with Gasteiger partial charge in [-0.25, -0.2) is 0 Å². The lowest BCUT2D eigenvalue weighted by Crippen LogP contribution is -2.43. The maximum atomic E-state index is 10.1. The van der Waals surface area contributed by atoms with Crippen molar-refractivity contribution in [2.75, 3.05) is 0 Å². The summed E-state index contributed by atoms with van der Waals surface area (Å²) >= 11 is 0. The standard InChI is InChI=1S/C12H24O2Si/c1-11(9-7-8-10-13)14-15(5,6)12(2,3)4/h7-8,10-11H,9H2,1-6H3/b8-7+. The predicted octanol–water partition coefficient (Wildman–Crippen LogP) is 3.54. The van der Waals surface area contributed by atoms with E-state index in [1.807, 2.05) is 6.08 Å². The average molecular weight is 228 g/mol. The molecule has 0 aromatic heterocycles. The normalized spacial score (nSPS) is 15.6. The molecule has 0 aliphatic rings. The van der Waals surface area contributed by atoms with E-state index in [2.05, 4.69) is 40.8 Å². The number of allylic oxidation sites excluding steroid dienone is 1. The van der Waals surface area contributed by atoms with Crippen molar-refractivity contribution in [1.82, 2.24) is 0 Å². The van der Waals surface area contributed by atoms with Crippen LogP contribution in [0.2, 0.25) is 18.1 Å². The third-order valence-corrected chi connectivity index (χ3v) is 7.59. The van der Waals surface area contributed by atoms with Gasteiger partial charge in [0.2, 0.25) is 0 Å². The summed E-state index contributed by atoms with van der Waals surface area (Å²) in [5.74, 6) is 0. The number of aldehydes is 1. The van der Waals surface area contributed by atoms with E-state index >= 15 is 0 Å². The highest BCUT2D eigenvalue weighted by Gasteiger charge is 2.38. The van der Waals surface area contributed by atoms with E-state index in [-0.39, 0.29) is 11.1 Å². The number of hydrogen-bond donors (Lipinski definition) is 0. The quantitative estimate of drug-likeness (QED) is 0.409. The predicted molar refractivity (Wildman–Crippen MR) is 67.6 cm³/mol. The number of carbonyl (C=O) groups is 1. The molecule has 2 nitrogen and oxygen atoms in total. The van der Waals surface area contributed by atoms with E-state index in [0.717, 1.165) is 12.7 Å². The fraction of sp³-hybridized carbons (Fsp3) is 0.750. The van der Waals surface area contributed by atoms with E-state index in [4.69, 9.17) is 4.43 Å². The van der Waals surface area contributed by atoms with E-state index in [9.17, 15) is 4.79 Å². The molecular weight excluding hydrogens is 204 g/mol. The minimum Gasteiger partial charge on any atom is -0.414 e. The van der Waals surface area contributed by atoms with Crippen LogP contribution in [0, 0.1) is 0 Å². The first-order chi connectivity index (χ1) is 6.70. The molecule has 1 atom stereocenters. The molecule has 0 fully saturated rings. The highest BCUT2D eigenvalue weighted by Crippen LogP contribution is 2.37. The molecule has 1 unspecified atom stereocenters.